The summed E-state index contributed by atoms with van der Waals surface area (Å²) in [4.78, 5) is 12.5. The molecule has 2 aromatic carbocycles. The summed E-state index contributed by atoms with van der Waals surface area (Å²) in [5, 5.41) is 13.1. The van der Waals surface area contributed by atoms with Crippen molar-refractivity contribution in [3.8, 4) is 22.6 Å². The number of aryl methyl sites for hydroxylation is 1. The van der Waals surface area contributed by atoms with Crippen LogP contribution in [0, 0.1) is 11.6 Å². The first-order chi connectivity index (χ1) is 14.1. The molecule has 2 heterocycles. The van der Waals surface area contributed by atoms with Crippen LogP contribution in [0.15, 0.2) is 58.8 Å². The van der Waals surface area contributed by atoms with E-state index in [1.165, 1.54) is 22.0 Å². The predicted molar refractivity (Wildman–Crippen MR) is 114 cm³/mol. The van der Waals surface area contributed by atoms with Crippen LogP contribution in [0.25, 0.3) is 21.2 Å². The Balaban J connectivity index is 1.96. The summed E-state index contributed by atoms with van der Waals surface area (Å²) < 4.78 is 35.4. The molecule has 0 spiro atoms. The Kier molecular flexibility index (Phi) is 4.95. The van der Waals surface area contributed by atoms with Crippen LogP contribution in [-0.2, 0) is 12.6 Å². The molecule has 0 aliphatic heterocycles. The summed E-state index contributed by atoms with van der Waals surface area (Å²) in [6.07, 6.45) is 1.69. The number of aliphatic hydroxyl groups is 1. The smallest absolute Gasteiger partial charge is 0.268 e. The number of benzene rings is 2. The lowest BCUT2D eigenvalue weighted by molar-refractivity contribution is 0.0786. The molecule has 4 rings (SSSR count). The Hall–Kier alpha value is -3.03. The molecule has 0 fully saturated rings. The molecule has 1 N–H and O–H groups in total. The summed E-state index contributed by atoms with van der Waals surface area (Å²) in [7, 11) is 1.66. The topological polar surface area (TPSA) is 51.5 Å². The molecule has 0 saturated carbocycles. The SMILES string of the molecule is Cn1cc(-c2cc(C(C)(C)O)ccc2Oc2ccc(F)cc2F)c2ccsc2c1=O. The Morgan fingerprint density at radius 2 is 1.77 bits per heavy atom. The van der Waals surface area contributed by atoms with Crippen LogP contribution in [0.1, 0.15) is 19.4 Å². The highest BCUT2D eigenvalue weighted by molar-refractivity contribution is 7.17. The number of halogens is 2. The lowest BCUT2D eigenvalue weighted by Crippen LogP contribution is -2.16. The van der Waals surface area contributed by atoms with Gasteiger partial charge in [-0.1, -0.05) is 6.07 Å². The largest absolute Gasteiger partial charge is 0.454 e. The fraction of sp³-hybridized carbons (Fsp3) is 0.174. The molecule has 0 aliphatic rings. The van der Waals surface area contributed by atoms with Crippen LogP contribution in [0.5, 0.6) is 11.5 Å². The molecule has 7 heteroatoms. The molecule has 0 bridgehead atoms. The highest BCUT2D eigenvalue weighted by atomic mass is 32.1. The molecular formula is C23H19F2NO3S. The number of hydrogen-bond acceptors (Lipinski definition) is 4. The molecule has 0 radical (unpaired) electrons. The molecule has 0 amide bonds. The van der Waals surface area contributed by atoms with Gasteiger partial charge in [-0.15, -0.1) is 11.3 Å². The average Bonchev–Trinajstić information content (AvgIpc) is 3.16. The van der Waals surface area contributed by atoms with Crippen LogP contribution < -0.4 is 10.3 Å². The first-order valence-electron chi connectivity index (χ1n) is 9.22. The van der Waals surface area contributed by atoms with E-state index >= 15 is 0 Å². The van der Waals surface area contributed by atoms with Crippen LogP contribution in [0.2, 0.25) is 0 Å². The number of rotatable bonds is 4. The summed E-state index contributed by atoms with van der Waals surface area (Å²) in [6, 6.07) is 10.0. The molecule has 154 valence electrons. The van der Waals surface area contributed by atoms with Gasteiger partial charge in [0.25, 0.3) is 5.56 Å². The number of nitrogens with zero attached hydrogens (tertiary/aromatic N) is 1. The number of fused-ring (bicyclic) bond motifs is 1. The normalized spacial score (nSPS) is 11.8. The van der Waals surface area contributed by atoms with Crippen molar-refractivity contribution in [2.45, 2.75) is 19.4 Å². The van der Waals surface area contributed by atoms with Crippen molar-refractivity contribution in [3.05, 3.63) is 81.6 Å². The van der Waals surface area contributed by atoms with Gasteiger partial charge in [0.1, 0.15) is 16.3 Å². The Morgan fingerprint density at radius 3 is 2.47 bits per heavy atom. The zero-order valence-corrected chi connectivity index (χ0v) is 17.4. The molecule has 4 aromatic rings. The van der Waals surface area contributed by atoms with Crippen LogP contribution in [-0.4, -0.2) is 9.67 Å². The minimum Gasteiger partial charge on any atom is -0.454 e. The second-order valence-corrected chi connectivity index (χ2v) is 8.49. The molecule has 0 atom stereocenters. The van der Waals surface area contributed by atoms with Crippen LogP contribution in [0.3, 0.4) is 0 Å². The number of thiophene rings is 1. The van der Waals surface area contributed by atoms with Crippen molar-refractivity contribution in [1.82, 2.24) is 4.57 Å². The fourth-order valence-electron chi connectivity index (χ4n) is 3.27. The van der Waals surface area contributed by atoms with Gasteiger partial charge in [-0.25, -0.2) is 8.78 Å². The zero-order valence-electron chi connectivity index (χ0n) is 16.6. The van der Waals surface area contributed by atoms with E-state index in [1.807, 2.05) is 11.4 Å². The summed E-state index contributed by atoms with van der Waals surface area (Å²) in [5.41, 5.74) is 0.674. The van der Waals surface area contributed by atoms with Gasteiger partial charge in [0.15, 0.2) is 11.6 Å². The zero-order chi connectivity index (χ0) is 21.6. The second-order valence-electron chi connectivity index (χ2n) is 7.57. The molecular weight excluding hydrogens is 408 g/mol. The number of aromatic nitrogens is 1. The van der Waals surface area contributed by atoms with Gasteiger partial charge < -0.3 is 14.4 Å². The number of hydrogen-bond donors (Lipinski definition) is 1. The molecule has 0 unspecified atom stereocenters. The van der Waals surface area contributed by atoms with Crippen molar-refractivity contribution in [2.24, 2.45) is 7.05 Å². The van der Waals surface area contributed by atoms with Gasteiger partial charge >= 0.3 is 0 Å². The maximum absolute atomic E-state index is 14.2. The van der Waals surface area contributed by atoms with E-state index in [1.54, 1.807) is 45.3 Å². The average molecular weight is 427 g/mol. The molecule has 2 aromatic heterocycles. The van der Waals surface area contributed by atoms with E-state index in [0.29, 0.717) is 27.1 Å². The quantitative estimate of drug-likeness (QED) is 0.464. The van der Waals surface area contributed by atoms with E-state index < -0.39 is 17.2 Å². The van der Waals surface area contributed by atoms with Crippen molar-refractivity contribution in [3.63, 3.8) is 0 Å². The maximum atomic E-state index is 14.2. The van der Waals surface area contributed by atoms with Crippen LogP contribution >= 0.6 is 11.3 Å². The summed E-state index contributed by atoms with van der Waals surface area (Å²) in [6.45, 7) is 3.32. The van der Waals surface area contributed by atoms with Gasteiger partial charge in [0.05, 0.1) is 5.60 Å². The molecule has 4 nitrogen and oxygen atoms in total. The van der Waals surface area contributed by atoms with E-state index in [2.05, 4.69) is 0 Å². The minimum absolute atomic E-state index is 0.116. The van der Waals surface area contributed by atoms with Gasteiger partial charge in [-0.05, 0) is 55.1 Å². The lowest BCUT2D eigenvalue weighted by atomic mass is 9.93. The number of ether oxygens (including phenoxy) is 1. The fourth-order valence-corrected chi connectivity index (χ4v) is 4.16. The standard InChI is InChI=1S/C23H19F2NO3S/c1-23(2,28)13-4-6-19(29-20-7-5-14(24)11-18(20)25)16(10-13)17-12-26(3)22(27)21-15(17)8-9-30-21/h4-12,28H,1-3H3. The van der Waals surface area contributed by atoms with Gasteiger partial charge in [-0.2, -0.15) is 0 Å². The highest BCUT2D eigenvalue weighted by Crippen LogP contribution is 2.40. The highest BCUT2D eigenvalue weighted by Gasteiger charge is 2.21. The molecule has 0 saturated heterocycles. The minimum atomic E-state index is -1.12. The van der Waals surface area contributed by atoms with Gasteiger partial charge in [0.2, 0.25) is 0 Å². The van der Waals surface area contributed by atoms with Crippen LogP contribution in [0.4, 0.5) is 8.78 Å². The predicted octanol–water partition coefficient (Wildman–Crippen LogP) is 5.56. The monoisotopic (exact) mass is 427 g/mol. The third-order valence-electron chi connectivity index (χ3n) is 4.88. The summed E-state index contributed by atoms with van der Waals surface area (Å²) in [5.74, 6) is -1.33. The Labute approximate surface area is 175 Å². The lowest BCUT2D eigenvalue weighted by Gasteiger charge is -2.21. The van der Waals surface area contributed by atoms with Gasteiger partial charge in [-0.3, -0.25) is 4.79 Å². The van der Waals surface area contributed by atoms with Crippen molar-refractivity contribution in [1.29, 1.82) is 0 Å². The van der Waals surface area contributed by atoms with Crippen molar-refractivity contribution >= 4 is 21.4 Å². The van der Waals surface area contributed by atoms with E-state index in [-0.39, 0.29) is 11.3 Å². The molecule has 30 heavy (non-hydrogen) atoms. The van der Waals surface area contributed by atoms with Crippen molar-refractivity contribution < 1.29 is 18.6 Å². The Morgan fingerprint density at radius 1 is 1.03 bits per heavy atom. The second kappa shape index (κ2) is 7.34. The van der Waals surface area contributed by atoms with E-state index in [9.17, 15) is 18.7 Å². The third kappa shape index (κ3) is 3.62. The van der Waals surface area contributed by atoms with Crippen molar-refractivity contribution in [2.75, 3.05) is 0 Å². The van der Waals surface area contributed by atoms with Gasteiger partial charge in [0, 0.05) is 35.8 Å². The first-order valence-corrected chi connectivity index (χ1v) is 10.1. The summed E-state index contributed by atoms with van der Waals surface area (Å²) >= 11 is 1.34. The Bertz CT molecular complexity index is 1320. The maximum Gasteiger partial charge on any atom is 0.268 e. The first kappa shape index (κ1) is 20.3. The van der Waals surface area contributed by atoms with E-state index in [4.69, 9.17) is 4.74 Å². The number of pyridine rings is 1. The van der Waals surface area contributed by atoms with E-state index in [0.717, 1.165) is 17.5 Å². The molecule has 0 aliphatic carbocycles. The third-order valence-corrected chi connectivity index (χ3v) is 5.79.